The fourth-order valence-corrected chi connectivity index (χ4v) is 3.25. The molecule has 0 radical (unpaired) electrons. The van der Waals surface area contributed by atoms with Crippen molar-refractivity contribution in [3.05, 3.63) is 64.5 Å². The van der Waals surface area contributed by atoms with Crippen LogP contribution < -0.4 is 14.8 Å². The first-order valence-corrected chi connectivity index (χ1v) is 8.97. The van der Waals surface area contributed by atoms with E-state index in [1.54, 1.807) is 17.4 Å². The molecule has 2 aromatic carbocycles. The molecule has 3 aromatic rings. The number of anilines is 1. The number of rotatable bonds is 4. The lowest BCUT2D eigenvalue weighted by Gasteiger charge is -2.04. The van der Waals surface area contributed by atoms with Crippen LogP contribution in [0.3, 0.4) is 0 Å². The van der Waals surface area contributed by atoms with Gasteiger partial charge in [0.15, 0.2) is 11.5 Å². The number of carbonyl (C=O) groups is 1. The van der Waals surface area contributed by atoms with E-state index in [4.69, 9.17) is 9.47 Å². The second-order valence-corrected chi connectivity index (χ2v) is 6.83. The van der Waals surface area contributed by atoms with Gasteiger partial charge in [0.05, 0.1) is 10.7 Å². The van der Waals surface area contributed by atoms with Crippen molar-refractivity contribution in [2.45, 2.75) is 6.92 Å². The highest BCUT2D eigenvalue weighted by atomic mass is 32.1. The summed E-state index contributed by atoms with van der Waals surface area (Å²) in [7, 11) is 0. The summed E-state index contributed by atoms with van der Waals surface area (Å²) >= 11 is 1.60. The Bertz CT molecular complexity index is 994. The quantitative estimate of drug-likeness (QED) is 0.693. The summed E-state index contributed by atoms with van der Waals surface area (Å²) in [5.41, 5.74) is 3.50. The van der Waals surface area contributed by atoms with Gasteiger partial charge in [-0.3, -0.25) is 4.79 Å². The van der Waals surface area contributed by atoms with E-state index in [9.17, 15) is 4.79 Å². The zero-order valence-electron chi connectivity index (χ0n) is 14.1. The SMILES string of the molecule is Cc1nc(-c2cccc(NC(=O)/C=C/c3ccc4c(c3)OCO4)c2)cs1. The lowest BCUT2D eigenvalue weighted by Crippen LogP contribution is -2.07. The second-order valence-electron chi connectivity index (χ2n) is 5.77. The minimum Gasteiger partial charge on any atom is -0.454 e. The Labute approximate surface area is 154 Å². The van der Waals surface area contributed by atoms with E-state index in [2.05, 4.69) is 10.3 Å². The fourth-order valence-electron chi connectivity index (χ4n) is 2.62. The molecule has 1 aliphatic rings. The maximum absolute atomic E-state index is 12.2. The van der Waals surface area contributed by atoms with Crippen molar-refractivity contribution in [3.63, 3.8) is 0 Å². The van der Waals surface area contributed by atoms with Gasteiger partial charge >= 0.3 is 0 Å². The highest BCUT2D eigenvalue weighted by molar-refractivity contribution is 7.09. The minimum atomic E-state index is -0.200. The van der Waals surface area contributed by atoms with Crippen molar-refractivity contribution in [2.24, 2.45) is 0 Å². The molecule has 0 bridgehead atoms. The summed E-state index contributed by atoms with van der Waals surface area (Å²) in [5, 5.41) is 5.90. The van der Waals surface area contributed by atoms with Crippen molar-refractivity contribution < 1.29 is 14.3 Å². The van der Waals surface area contributed by atoms with Gasteiger partial charge in [0, 0.05) is 22.7 Å². The molecule has 0 unspecified atom stereocenters. The molecular weight excluding hydrogens is 348 g/mol. The summed E-state index contributed by atoms with van der Waals surface area (Å²) in [6, 6.07) is 13.2. The van der Waals surface area contributed by atoms with Gasteiger partial charge < -0.3 is 14.8 Å². The Morgan fingerprint density at radius 3 is 2.92 bits per heavy atom. The topological polar surface area (TPSA) is 60.5 Å². The van der Waals surface area contributed by atoms with Gasteiger partial charge in [-0.25, -0.2) is 4.98 Å². The number of thiazole rings is 1. The molecule has 0 aliphatic carbocycles. The number of amides is 1. The Morgan fingerprint density at radius 2 is 2.08 bits per heavy atom. The first-order chi connectivity index (χ1) is 12.7. The number of ether oxygens (including phenoxy) is 2. The van der Waals surface area contributed by atoms with Crippen LogP contribution in [0.4, 0.5) is 5.69 Å². The summed E-state index contributed by atoms with van der Waals surface area (Å²) in [6.07, 6.45) is 3.24. The summed E-state index contributed by atoms with van der Waals surface area (Å²) in [4.78, 5) is 16.7. The van der Waals surface area contributed by atoms with Crippen LogP contribution in [0.5, 0.6) is 11.5 Å². The third-order valence-electron chi connectivity index (χ3n) is 3.87. The molecule has 1 aromatic heterocycles. The molecule has 6 heteroatoms. The Kier molecular flexibility index (Phi) is 4.41. The van der Waals surface area contributed by atoms with Gasteiger partial charge in [-0.2, -0.15) is 0 Å². The zero-order chi connectivity index (χ0) is 17.9. The van der Waals surface area contributed by atoms with Gasteiger partial charge in [0.2, 0.25) is 12.7 Å². The van der Waals surface area contributed by atoms with Gasteiger partial charge in [-0.05, 0) is 42.8 Å². The summed E-state index contributed by atoms with van der Waals surface area (Å²) in [5.74, 6) is 1.22. The van der Waals surface area contributed by atoms with Gasteiger partial charge in [-0.15, -0.1) is 11.3 Å². The average molecular weight is 364 g/mol. The molecule has 0 atom stereocenters. The zero-order valence-corrected chi connectivity index (χ0v) is 14.9. The van der Waals surface area contributed by atoms with Crippen LogP contribution in [-0.4, -0.2) is 17.7 Å². The van der Waals surface area contributed by atoms with Crippen molar-refractivity contribution in [1.29, 1.82) is 0 Å². The number of aryl methyl sites for hydroxylation is 1. The smallest absolute Gasteiger partial charge is 0.248 e. The maximum atomic E-state index is 12.2. The lowest BCUT2D eigenvalue weighted by molar-refractivity contribution is -0.111. The molecule has 130 valence electrons. The maximum Gasteiger partial charge on any atom is 0.248 e. The van der Waals surface area contributed by atoms with Crippen molar-refractivity contribution in [1.82, 2.24) is 4.98 Å². The molecule has 1 aliphatic heterocycles. The third-order valence-corrected chi connectivity index (χ3v) is 4.64. The molecule has 0 saturated carbocycles. The minimum absolute atomic E-state index is 0.200. The van der Waals surface area contributed by atoms with Crippen LogP contribution in [0.15, 0.2) is 53.9 Å². The fraction of sp³-hybridized carbons (Fsp3) is 0.100. The van der Waals surface area contributed by atoms with Gasteiger partial charge in [0.25, 0.3) is 0 Å². The Balaban J connectivity index is 1.45. The first-order valence-electron chi connectivity index (χ1n) is 8.09. The van der Waals surface area contributed by atoms with Gasteiger partial charge in [-0.1, -0.05) is 18.2 Å². The molecule has 0 saturated heterocycles. The van der Waals surface area contributed by atoms with Crippen LogP contribution in [0.25, 0.3) is 17.3 Å². The molecule has 1 N–H and O–H groups in total. The molecule has 2 heterocycles. The van der Waals surface area contributed by atoms with Crippen LogP contribution >= 0.6 is 11.3 Å². The third kappa shape index (κ3) is 3.60. The van der Waals surface area contributed by atoms with E-state index in [0.717, 1.165) is 33.3 Å². The standard InChI is InChI=1S/C20H16N2O3S/c1-13-21-17(11-26-13)15-3-2-4-16(10-15)22-20(23)8-6-14-5-7-18-19(9-14)25-12-24-18/h2-11H,12H2,1H3,(H,22,23)/b8-6+. The molecular formula is C20H16N2O3S. The molecule has 0 fully saturated rings. The molecule has 5 nitrogen and oxygen atoms in total. The highest BCUT2D eigenvalue weighted by Crippen LogP contribution is 2.32. The summed E-state index contributed by atoms with van der Waals surface area (Å²) < 4.78 is 10.6. The monoisotopic (exact) mass is 364 g/mol. The van der Waals surface area contributed by atoms with E-state index in [-0.39, 0.29) is 12.7 Å². The average Bonchev–Trinajstić information content (AvgIpc) is 3.28. The molecule has 1 amide bonds. The lowest BCUT2D eigenvalue weighted by atomic mass is 10.1. The number of hydrogen-bond donors (Lipinski definition) is 1. The van der Waals surface area contributed by atoms with E-state index >= 15 is 0 Å². The van der Waals surface area contributed by atoms with E-state index in [1.165, 1.54) is 6.08 Å². The largest absolute Gasteiger partial charge is 0.454 e. The Hall–Kier alpha value is -3.12. The number of fused-ring (bicyclic) bond motifs is 1. The molecule has 26 heavy (non-hydrogen) atoms. The number of carbonyl (C=O) groups excluding carboxylic acids is 1. The molecule has 0 spiro atoms. The van der Waals surface area contributed by atoms with E-state index in [1.807, 2.05) is 54.8 Å². The van der Waals surface area contributed by atoms with Crippen molar-refractivity contribution in [3.8, 4) is 22.8 Å². The summed E-state index contributed by atoms with van der Waals surface area (Å²) in [6.45, 7) is 2.21. The van der Waals surface area contributed by atoms with E-state index < -0.39 is 0 Å². The Morgan fingerprint density at radius 1 is 1.19 bits per heavy atom. The van der Waals surface area contributed by atoms with Crippen LogP contribution in [0.2, 0.25) is 0 Å². The number of benzene rings is 2. The number of hydrogen-bond acceptors (Lipinski definition) is 5. The van der Waals surface area contributed by atoms with Crippen LogP contribution in [0, 0.1) is 6.92 Å². The predicted molar refractivity (Wildman–Crippen MR) is 103 cm³/mol. The number of nitrogens with zero attached hydrogens (tertiary/aromatic N) is 1. The number of nitrogens with one attached hydrogen (secondary N) is 1. The highest BCUT2D eigenvalue weighted by Gasteiger charge is 2.12. The number of aromatic nitrogens is 1. The van der Waals surface area contributed by atoms with Crippen molar-refractivity contribution in [2.75, 3.05) is 12.1 Å². The van der Waals surface area contributed by atoms with Gasteiger partial charge in [0.1, 0.15) is 0 Å². The van der Waals surface area contributed by atoms with Crippen molar-refractivity contribution >= 4 is 29.0 Å². The predicted octanol–water partition coefficient (Wildman–Crippen LogP) is 4.50. The molecule has 4 rings (SSSR count). The first kappa shape index (κ1) is 16.4. The second kappa shape index (κ2) is 7.01. The van der Waals surface area contributed by atoms with Crippen LogP contribution in [0.1, 0.15) is 10.6 Å². The normalized spacial score (nSPS) is 12.5. The van der Waals surface area contributed by atoms with Crippen LogP contribution in [-0.2, 0) is 4.79 Å². The van der Waals surface area contributed by atoms with E-state index in [0.29, 0.717) is 5.75 Å².